The minimum absolute atomic E-state index is 0.545. The zero-order valence-corrected chi connectivity index (χ0v) is 26.5. The smallest absolute Gasteiger partial charge is 0.246 e. The van der Waals surface area contributed by atoms with E-state index in [1.54, 1.807) is 0 Å². The minimum atomic E-state index is 0.545. The first-order chi connectivity index (χ1) is 23.8. The number of thiophene rings is 1. The van der Waals surface area contributed by atoms with Crippen LogP contribution in [0.1, 0.15) is 0 Å². The molecule has 0 aliphatic heterocycles. The monoisotopic (exact) mass is 630 g/mol. The molecule has 224 valence electrons. The van der Waals surface area contributed by atoms with Crippen LogP contribution in [0.4, 0.5) is 0 Å². The molecule has 10 rings (SSSR count). The van der Waals surface area contributed by atoms with Gasteiger partial charge in [0.1, 0.15) is 11.1 Å². The molecule has 3 heterocycles. The molecule has 0 N–H and O–H groups in total. The fraction of sp³-hybridized carbons (Fsp3) is 0. The van der Waals surface area contributed by atoms with Crippen molar-refractivity contribution in [3.63, 3.8) is 0 Å². The van der Waals surface area contributed by atoms with Gasteiger partial charge in [0.15, 0.2) is 0 Å². The van der Waals surface area contributed by atoms with Crippen LogP contribution in [-0.4, -0.2) is 9.97 Å². The number of hydrogen-bond donors (Lipinski definition) is 0. The van der Waals surface area contributed by atoms with Crippen molar-refractivity contribution in [2.45, 2.75) is 0 Å². The average molecular weight is 631 g/mol. The predicted molar refractivity (Wildman–Crippen MR) is 201 cm³/mol. The molecule has 7 aromatic carbocycles. The van der Waals surface area contributed by atoms with Gasteiger partial charge >= 0.3 is 0 Å². The Balaban J connectivity index is 1.08. The Hall–Kier alpha value is -6.10. The second kappa shape index (κ2) is 10.7. The summed E-state index contributed by atoms with van der Waals surface area (Å²) in [6.07, 6.45) is 1.82. The topological polar surface area (TPSA) is 38.9 Å². The molecule has 0 saturated carbocycles. The molecule has 3 nitrogen and oxygen atoms in total. The van der Waals surface area contributed by atoms with Crippen LogP contribution >= 0.6 is 11.3 Å². The van der Waals surface area contributed by atoms with Gasteiger partial charge in [-0.3, -0.25) is 0 Å². The maximum atomic E-state index is 6.34. The van der Waals surface area contributed by atoms with E-state index in [1.807, 2.05) is 23.6 Å². The van der Waals surface area contributed by atoms with Crippen LogP contribution in [0.2, 0.25) is 0 Å². The lowest BCUT2D eigenvalue weighted by atomic mass is 9.95. The van der Waals surface area contributed by atoms with Crippen LogP contribution < -0.4 is 0 Å². The van der Waals surface area contributed by atoms with Crippen molar-refractivity contribution in [1.82, 2.24) is 9.97 Å². The van der Waals surface area contributed by atoms with E-state index in [1.165, 1.54) is 36.7 Å². The maximum Gasteiger partial charge on any atom is 0.246 e. The van der Waals surface area contributed by atoms with E-state index in [0.717, 1.165) is 55.4 Å². The van der Waals surface area contributed by atoms with Crippen LogP contribution in [0.25, 0.3) is 97.8 Å². The molecule has 0 saturated heterocycles. The van der Waals surface area contributed by atoms with Crippen molar-refractivity contribution in [3.8, 4) is 44.6 Å². The highest BCUT2D eigenvalue weighted by atomic mass is 32.1. The molecule has 0 atom stereocenters. The molecule has 4 heteroatoms. The maximum absolute atomic E-state index is 6.34. The molecule has 0 amide bonds. The average Bonchev–Trinajstić information content (AvgIpc) is 3.73. The SMILES string of the molecule is c1ccc(-c2cc3oc4ncc(-c5cccc(-c6cccc(-c7cccc8c7sc7ccccc78)c6)c5)nc4c3c3ccccc23)cc1. The largest absolute Gasteiger partial charge is 0.436 e. The number of rotatable bonds is 4. The molecule has 0 bridgehead atoms. The van der Waals surface area contributed by atoms with Gasteiger partial charge in [-0.15, -0.1) is 11.3 Å². The van der Waals surface area contributed by atoms with E-state index >= 15 is 0 Å². The van der Waals surface area contributed by atoms with Crippen molar-refractivity contribution in [2.75, 3.05) is 0 Å². The Morgan fingerprint density at radius 3 is 1.98 bits per heavy atom. The highest BCUT2D eigenvalue weighted by Crippen LogP contribution is 2.42. The third-order valence-corrected chi connectivity index (χ3v) is 10.6. The van der Waals surface area contributed by atoms with Crippen molar-refractivity contribution >= 4 is 64.5 Å². The first-order valence-corrected chi connectivity index (χ1v) is 16.9. The number of furan rings is 1. The molecule has 0 fully saturated rings. The molecular weight excluding hydrogens is 605 g/mol. The molecular formula is C44H26N2OS. The number of nitrogens with zero attached hydrogens (tertiary/aromatic N) is 2. The van der Waals surface area contributed by atoms with Gasteiger partial charge in [0, 0.05) is 25.7 Å². The van der Waals surface area contributed by atoms with Crippen LogP contribution in [0.3, 0.4) is 0 Å². The Labute approximate surface area is 280 Å². The summed E-state index contributed by atoms with van der Waals surface area (Å²) in [4.78, 5) is 9.97. The number of fused-ring (bicyclic) bond motifs is 8. The summed E-state index contributed by atoms with van der Waals surface area (Å²) in [5.41, 5.74) is 11.0. The lowest BCUT2D eigenvalue weighted by Gasteiger charge is -2.09. The minimum Gasteiger partial charge on any atom is -0.436 e. The Morgan fingerprint density at radius 1 is 0.479 bits per heavy atom. The highest BCUT2D eigenvalue weighted by molar-refractivity contribution is 7.26. The van der Waals surface area contributed by atoms with Gasteiger partial charge in [0.25, 0.3) is 0 Å². The quantitative estimate of drug-likeness (QED) is 0.194. The molecule has 0 unspecified atom stereocenters. The normalized spacial score (nSPS) is 11.8. The Morgan fingerprint density at radius 2 is 1.12 bits per heavy atom. The second-order valence-corrected chi connectivity index (χ2v) is 13.2. The van der Waals surface area contributed by atoms with Crippen LogP contribution in [0, 0.1) is 0 Å². The lowest BCUT2D eigenvalue weighted by molar-refractivity contribution is 0.653. The van der Waals surface area contributed by atoms with E-state index in [-0.39, 0.29) is 0 Å². The molecule has 0 spiro atoms. The predicted octanol–water partition coefficient (Wildman–Crippen LogP) is 12.6. The van der Waals surface area contributed by atoms with E-state index < -0.39 is 0 Å². The first-order valence-electron chi connectivity index (χ1n) is 16.1. The summed E-state index contributed by atoms with van der Waals surface area (Å²) in [7, 11) is 0. The summed E-state index contributed by atoms with van der Waals surface area (Å²) in [6, 6.07) is 53.8. The number of hydrogen-bond acceptors (Lipinski definition) is 4. The third kappa shape index (κ3) is 4.27. The zero-order chi connectivity index (χ0) is 31.6. The van der Waals surface area contributed by atoms with Crippen molar-refractivity contribution < 1.29 is 4.42 Å². The molecule has 3 aromatic heterocycles. The highest BCUT2D eigenvalue weighted by Gasteiger charge is 2.18. The third-order valence-electron chi connectivity index (χ3n) is 9.35. The van der Waals surface area contributed by atoms with Gasteiger partial charge in [-0.05, 0) is 68.4 Å². The number of aromatic nitrogens is 2. The first kappa shape index (κ1) is 27.1. The standard InChI is InChI=1S/C44H26N2OS/c1-2-11-27(12-3-1)37-25-39-41(35-19-5-4-17-33(35)37)42-44(47-39)45-26-38(46-42)31-16-9-14-29(24-31)28-13-8-15-30(23-28)32-20-10-21-36-34-18-6-7-22-40(34)48-43(32)36/h1-26H. The van der Waals surface area contributed by atoms with Gasteiger partial charge in [-0.2, -0.15) is 0 Å². The van der Waals surface area contributed by atoms with E-state index in [9.17, 15) is 0 Å². The Bertz CT molecular complexity index is 2850. The molecule has 0 radical (unpaired) electrons. The van der Waals surface area contributed by atoms with Gasteiger partial charge in [-0.1, -0.05) is 127 Å². The molecule has 0 aliphatic rings. The summed E-state index contributed by atoms with van der Waals surface area (Å²) < 4.78 is 8.98. The van der Waals surface area contributed by atoms with Gasteiger partial charge in [-0.25, -0.2) is 9.97 Å². The van der Waals surface area contributed by atoms with Crippen molar-refractivity contribution in [1.29, 1.82) is 0 Å². The zero-order valence-electron chi connectivity index (χ0n) is 25.7. The fourth-order valence-electron chi connectivity index (χ4n) is 7.09. The summed E-state index contributed by atoms with van der Waals surface area (Å²) >= 11 is 1.86. The van der Waals surface area contributed by atoms with Crippen molar-refractivity contribution in [2.24, 2.45) is 0 Å². The summed E-state index contributed by atoms with van der Waals surface area (Å²) in [5, 5.41) is 5.90. The van der Waals surface area contributed by atoms with E-state index in [0.29, 0.717) is 5.71 Å². The van der Waals surface area contributed by atoms with Crippen LogP contribution in [0.5, 0.6) is 0 Å². The van der Waals surface area contributed by atoms with Crippen LogP contribution in [0.15, 0.2) is 162 Å². The fourth-order valence-corrected chi connectivity index (χ4v) is 8.33. The Kier molecular flexibility index (Phi) is 6.05. The molecule has 0 aliphatic carbocycles. The van der Waals surface area contributed by atoms with Crippen molar-refractivity contribution in [3.05, 3.63) is 158 Å². The second-order valence-electron chi connectivity index (χ2n) is 12.2. The lowest BCUT2D eigenvalue weighted by Crippen LogP contribution is -1.88. The van der Waals surface area contributed by atoms with E-state index in [2.05, 4.69) is 146 Å². The van der Waals surface area contributed by atoms with Gasteiger partial charge < -0.3 is 4.42 Å². The number of benzene rings is 7. The summed E-state index contributed by atoms with van der Waals surface area (Å²) in [6.45, 7) is 0. The van der Waals surface area contributed by atoms with Gasteiger partial charge in [0.05, 0.1) is 17.3 Å². The summed E-state index contributed by atoms with van der Waals surface area (Å²) in [5.74, 6) is 0. The van der Waals surface area contributed by atoms with Crippen LogP contribution in [-0.2, 0) is 0 Å². The molecule has 48 heavy (non-hydrogen) atoms. The van der Waals surface area contributed by atoms with Gasteiger partial charge in [0.2, 0.25) is 5.71 Å². The molecule has 10 aromatic rings. The van der Waals surface area contributed by atoms with E-state index in [4.69, 9.17) is 14.4 Å².